The predicted molar refractivity (Wildman–Crippen MR) is 165 cm³/mol. The van der Waals surface area contributed by atoms with E-state index in [2.05, 4.69) is 36.9 Å². The molecule has 44 heavy (non-hydrogen) atoms. The summed E-state index contributed by atoms with van der Waals surface area (Å²) < 4.78 is 13.7. The van der Waals surface area contributed by atoms with Gasteiger partial charge in [-0.25, -0.2) is 4.68 Å². The number of benzene rings is 2. The predicted octanol–water partition coefficient (Wildman–Crippen LogP) is 2.70. The molecule has 3 fully saturated rings. The Morgan fingerprint density at radius 1 is 1.18 bits per heavy atom. The molecule has 3 unspecified atom stereocenters. The summed E-state index contributed by atoms with van der Waals surface area (Å²) >= 11 is 3.70. The lowest BCUT2D eigenvalue weighted by molar-refractivity contribution is -0.146. The maximum atomic E-state index is 14.4. The number of ether oxygens (including phenoxy) is 2. The van der Waals surface area contributed by atoms with E-state index in [0.29, 0.717) is 36.4 Å². The van der Waals surface area contributed by atoms with Crippen LogP contribution in [-0.4, -0.2) is 84.6 Å². The molecule has 3 saturated heterocycles. The first kappa shape index (κ1) is 30.5. The summed E-state index contributed by atoms with van der Waals surface area (Å²) in [5.74, 6) is -2.32. The molecule has 12 nitrogen and oxygen atoms in total. The van der Waals surface area contributed by atoms with Crippen LogP contribution >= 0.6 is 15.9 Å². The Balaban J connectivity index is 1.32. The molecule has 13 heteroatoms. The summed E-state index contributed by atoms with van der Waals surface area (Å²) in [5.41, 5.74) is 0.745. The molecule has 0 aliphatic carbocycles. The fraction of sp³-hybridized carbons (Fsp3) is 0.516. The third-order valence-corrected chi connectivity index (χ3v) is 10.2. The zero-order valence-corrected chi connectivity index (χ0v) is 26.4. The van der Waals surface area contributed by atoms with E-state index in [1.165, 1.54) is 4.90 Å². The van der Waals surface area contributed by atoms with Crippen LogP contribution in [0, 0.1) is 17.8 Å². The Bertz CT molecular complexity index is 1550. The van der Waals surface area contributed by atoms with Gasteiger partial charge in [0.1, 0.15) is 29.6 Å². The summed E-state index contributed by atoms with van der Waals surface area (Å²) in [5, 5.41) is 24.8. The molecular formula is C31H37BrN6O6. The number of hydrogen-bond donors (Lipinski definition) is 3. The molecule has 3 aromatic rings. The third-order valence-electron chi connectivity index (χ3n) is 9.38. The van der Waals surface area contributed by atoms with Gasteiger partial charge in [-0.1, -0.05) is 53.5 Å². The molecule has 3 aliphatic heterocycles. The van der Waals surface area contributed by atoms with Crippen LogP contribution < -0.4 is 15.4 Å². The van der Waals surface area contributed by atoms with E-state index < -0.39 is 41.5 Å². The number of aliphatic hydroxyl groups is 1. The van der Waals surface area contributed by atoms with Crippen LogP contribution in [0.5, 0.6) is 5.75 Å². The first-order chi connectivity index (χ1) is 21.2. The van der Waals surface area contributed by atoms with Gasteiger partial charge in [-0.15, -0.1) is 5.10 Å². The van der Waals surface area contributed by atoms with Gasteiger partial charge in [0.2, 0.25) is 17.7 Å². The van der Waals surface area contributed by atoms with Crippen LogP contribution in [0.15, 0.2) is 48.5 Å². The van der Waals surface area contributed by atoms with Gasteiger partial charge in [-0.3, -0.25) is 14.4 Å². The van der Waals surface area contributed by atoms with E-state index in [-0.39, 0.29) is 35.8 Å². The molecule has 4 heterocycles. The van der Waals surface area contributed by atoms with Crippen LogP contribution in [0.4, 0.5) is 5.69 Å². The SMILES string of the molecule is CCOc1ccc(NC(=O)[C@H]2[C@@H]3OC4(CC3Br)C(C(=O)NCn3nnc5ccccc53)N([C@@H](CO)[C@@H](C)CC)C(=O)[C@H]24)cc1. The van der Waals surface area contributed by atoms with Crippen LogP contribution in [0.2, 0.25) is 0 Å². The fourth-order valence-corrected chi connectivity index (χ4v) is 8.09. The minimum absolute atomic E-state index is 0.0224. The van der Waals surface area contributed by atoms with Crippen molar-refractivity contribution in [2.45, 2.75) is 68.9 Å². The number of hydrogen-bond acceptors (Lipinski definition) is 8. The monoisotopic (exact) mass is 668 g/mol. The third kappa shape index (κ3) is 4.94. The number of carbonyl (C=O) groups excluding carboxylic acids is 3. The average Bonchev–Trinajstić information content (AvgIpc) is 3.74. The smallest absolute Gasteiger partial charge is 0.247 e. The molecule has 234 valence electrons. The molecule has 3 N–H and O–H groups in total. The molecule has 2 aromatic carbocycles. The lowest BCUT2D eigenvalue weighted by Gasteiger charge is -2.38. The second-order valence-corrected chi connectivity index (χ2v) is 12.9. The highest BCUT2D eigenvalue weighted by atomic mass is 79.9. The van der Waals surface area contributed by atoms with Crippen molar-refractivity contribution in [1.82, 2.24) is 25.2 Å². The molecular weight excluding hydrogens is 632 g/mol. The Labute approximate surface area is 263 Å². The van der Waals surface area contributed by atoms with E-state index in [1.54, 1.807) is 28.9 Å². The van der Waals surface area contributed by atoms with Crippen molar-refractivity contribution >= 4 is 50.4 Å². The summed E-state index contributed by atoms with van der Waals surface area (Å²) in [6.45, 7) is 6.03. The first-order valence-corrected chi connectivity index (χ1v) is 16.0. The number of carbonyl (C=O) groups is 3. The minimum Gasteiger partial charge on any atom is -0.494 e. The lowest BCUT2D eigenvalue weighted by atomic mass is 9.70. The maximum absolute atomic E-state index is 14.4. The van der Waals surface area contributed by atoms with Crippen LogP contribution in [0.1, 0.15) is 33.6 Å². The highest BCUT2D eigenvalue weighted by Gasteiger charge is 2.77. The molecule has 6 rings (SSSR count). The lowest BCUT2D eigenvalue weighted by Crippen LogP contribution is -2.59. The standard InChI is InChI=1S/C31H37BrN6O6/c1-4-17(3)23(15-39)38-27(29(41)33-16-37-22-9-7-6-8-21(22)35-36-37)31-14-20(32)26(44-31)24(25(31)30(38)42)28(40)34-18-10-12-19(13-11-18)43-5-2/h6-13,17,20,23-27,39H,4-5,14-16H2,1-3H3,(H,33,41)(H,34,40)/t17-,20?,23-,24+,25-,26+,27?,31?/m0/s1. The quantitative estimate of drug-likeness (QED) is 0.264. The summed E-state index contributed by atoms with van der Waals surface area (Å²) in [6, 6.07) is 12.7. The van der Waals surface area contributed by atoms with Crippen molar-refractivity contribution in [2.24, 2.45) is 17.8 Å². The highest BCUT2D eigenvalue weighted by Crippen LogP contribution is 2.60. The van der Waals surface area contributed by atoms with Crippen molar-refractivity contribution in [2.75, 3.05) is 18.5 Å². The van der Waals surface area contributed by atoms with Crippen molar-refractivity contribution in [3.63, 3.8) is 0 Å². The van der Waals surface area contributed by atoms with Crippen LogP contribution in [0.25, 0.3) is 11.0 Å². The van der Waals surface area contributed by atoms with E-state index in [9.17, 15) is 19.5 Å². The van der Waals surface area contributed by atoms with Crippen molar-refractivity contribution in [1.29, 1.82) is 0 Å². The number of fused-ring (bicyclic) bond motifs is 2. The summed E-state index contributed by atoms with van der Waals surface area (Å²) in [6.07, 6.45) is 0.429. The second kappa shape index (κ2) is 12.1. The van der Waals surface area contributed by atoms with E-state index in [0.717, 1.165) is 5.52 Å². The number of nitrogens with one attached hydrogen (secondary N) is 2. The van der Waals surface area contributed by atoms with Crippen molar-refractivity contribution < 1.29 is 29.0 Å². The van der Waals surface area contributed by atoms with Gasteiger partial charge in [0.15, 0.2) is 0 Å². The van der Waals surface area contributed by atoms with Crippen LogP contribution in [-0.2, 0) is 25.8 Å². The number of alkyl halides is 1. The fourth-order valence-electron chi connectivity index (χ4n) is 7.15. The number of halogens is 1. The van der Waals surface area contributed by atoms with E-state index >= 15 is 0 Å². The van der Waals surface area contributed by atoms with Gasteiger partial charge in [-0.05, 0) is 55.7 Å². The largest absolute Gasteiger partial charge is 0.494 e. The molecule has 0 saturated carbocycles. The van der Waals surface area contributed by atoms with Gasteiger partial charge in [-0.2, -0.15) is 0 Å². The van der Waals surface area contributed by atoms with Crippen molar-refractivity contribution in [3.8, 4) is 5.75 Å². The Hall–Kier alpha value is -3.55. The highest BCUT2D eigenvalue weighted by molar-refractivity contribution is 9.09. The minimum atomic E-state index is -1.26. The zero-order valence-electron chi connectivity index (χ0n) is 24.9. The van der Waals surface area contributed by atoms with Gasteiger partial charge >= 0.3 is 0 Å². The number of para-hydroxylation sites is 1. The molecule has 3 aliphatic rings. The normalized spacial score (nSPS) is 28.6. The second-order valence-electron chi connectivity index (χ2n) is 11.8. The Kier molecular flexibility index (Phi) is 8.38. The molecule has 1 aromatic heterocycles. The van der Waals surface area contributed by atoms with E-state index in [1.807, 2.05) is 45.0 Å². The summed E-state index contributed by atoms with van der Waals surface area (Å²) in [7, 11) is 0. The van der Waals surface area contributed by atoms with Gasteiger partial charge < -0.3 is 30.1 Å². The number of likely N-dealkylation sites (tertiary alicyclic amines) is 1. The van der Waals surface area contributed by atoms with Gasteiger partial charge in [0.25, 0.3) is 0 Å². The molecule has 2 bridgehead atoms. The van der Waals surface area contributed by atoms with Crippen LogP contribution in [0.3, 0.4) is 0 Å². The molecule has 3 amide bonds. The Morgan fingerprint density at radius 2 is 1.93 bits per heavy atom. The topological polar surface area (TPSA) is 148 Å². The average molecular weight is 670 g/mol. The number of amides is 3. The van der Waals surface area contributed by atoms with Gasteiger partial charge in [0.05, 0.1) is 42.7 Å². The molecule has 0 radical (unpaired) electrons. The number of anilines is 1. The zero-order chi connectivity index (χ0) is 31.2. The Morgan fingerprint density at radius 3 is 2.64 bits per heavy atom. The van der Waals surface area contributed by atoms with E-state index in [4.69, 9.17) is 9.47 Å². The molecule has 8 atom stereocenters. The van der Waals surface area contributed by atoms with Crippen molar-refractivity contribution in [3.05, 3.63) is 48.5 Å². The number of nitrogens with zero attached hydrogens (tertiary/aromatic N) is 4. The first-order valence-electron chi connectivity index (χ1n) is 15.1. The number of aliphatic hydroxyl groups excluding tert-OH is 1. The number of rotatable bonds is 11. The maximum Gasteiger partial charge on any atom is 0.247 e. The molecule has 1 spiro atoms. The summed E-state index contributed by atoms with van der Waals surface area (Å²) in [4.78, 5) is 43.7. The number of aromatic nitrogens is 3. The van der Waals surface area contributed by atoms with Gasteiger partial charge in [0, 0.05) is 10.5 Å².